The number of piperidine rings is 1. The van der Waals surface area contributed by atoms with Crippen LogP contribution in [0.5, 0.6) is 5.75 Å². The van der Waals surface area contributed by atoms with E-state index in [0.717, 1.165) is 0 Å². The highest BCUT2D eigenvalue weighted by Crippen LogP contribution is 2.28. The average molecular weight is 459 g/mol. The summed E-state index contributed by atoms with van der Waals surface area (Å²) in [7, 11) is 0. The van der Waals surface area contributed by atoms with E-state index in [9.17, 15) is 22.8 Å². The molecule has 1 atom stereocenters. The van der Waals surface area contributed by atoms with Gasteiger partial charge in [0.15, 0.2) is 0 Å². The number of primary amides is 1. The minimum Gasteiger partial charge on any atom is -0.406 e. The number of benzene rings is 2. The van der Waals surface area contributed by atoms with Crippen molar-refractivity contribution in [1.29, 1.82) is 0 Å². The summed E-state index contributed by atoms with van der Waals surface area (Å²) in [6.07, 6.45) is -2.07. The van der Waals surface area contributed by atoms with Crippen molar-refractivity contribution < 1.29 is 27.5 Å². The van der Waals surface area contributed by atoms with Gasteiger partial charge in [-0.1, -0.05) is 0 Å². The highest BCUT2D eigenvalue weighted by Gasteiger charge is 2.31. The summed E-state index contributed by atoms with van der Waals surface area (Å²) in [5, 5.41) is 3.66. The molecule has 172 valence electrons. The van der Waals surface area contributed by atoms with E-state index in [-0.39, 0.29) is 24.1 Å². The number of likely N-dealkylation sites (tertiary alicyclic amines) is 1. The molecule has 11 heteroatoms. The number of nitrogens with zero attached hydrogens (tertiary/aromatic N) is 3. The zero-order valence-electron chi connectivity index (χ0n) is 17.3. The van der Waals surface area contributed by atoms with Crippen LogP contribution >= 0.6 is 0 Å². The molecular formula is C22H20F3N5O3. The molecule has 1 fully saturated rings. The number of carbonyl (C=O) groups excluding carboxylic acids is 2. The predicted molar refractivity (Wildman–Crippen MR) is 114 cm³/mol. The summed E-state index contributed by atoms with van der Waals surface area (Å²) in [6, 6.07) is 10.2. The first-order valence-electron chi connectivity index (χ1n) is 10.2. The molecule has 0 radical (unpaired) electrons. The molecule has 1 unspecified atom stereocenters. The molecule has 3 N–H and O–H groups in total. The van der Waals surface area contributed by atoms with Gasteiger partial charge in [-0.05, 0) is 55.3 Å². The van der Waals surface area contributed by atoms with Crippen LogP contribution in [0.25, 0.3) is 10.9 Å². The molecule has 3 aromatic rings. The van der Waals surface area contributed by atoms with Crippen molar-refractivity contribution in [2.75, 3.05) is 18.4 Å². The Kier molecular flexibility index (Phi) is 6.03. The molecule has 2 heterocycles. The van der Waals surface area contributed by atoms with Crippen LogP contribution in [-0.4, -0.2) is 46.1 Å². The zero-order chi connectivity index (χ0) is 23.6. The van der Waals surface area contributed by atoms with Crippen molar-refractivity contribution in [1.82, 2.24) is 14.9 Å². The summed E-state index contributed by atoms with van der Waals surface area (Å²) < 4.78 is 40.8. The van der Waals surface area contributed by atoms with Gasteiger partial charge in [0.1, 0.15) is 17.9 Å². The first kappa shape index (κ1) is 22.3. The Morgan fingerprint density at radius 3 is 2.58 bits per heavy atom. The lowest BCUT2D eigenvalue weighted by Gasteiger charge is -2.31. The molecule has 0 bridgehead atoms. The number of halogens is 3. The van der Waals surface area contributed by atoms with Crippen molar-refractivity contribution in [3.8, 4) is 5.75 Å². The van der Waals surface area contributed by atoms with E-state index in [4.69, 9.17) is 5.73 Å². The summed E-state index contributed by atoms with van der Waals surface area (Å²) in [4.78, 5) is 34.5. The van der Waals surface area contributed by atoms with Gasteiger partial charge in [-0.2, -0.15) is 0 Å². The molecule has 1 aliphatic heterocycles. The number of carbonyl (C=O) groups is 2. The fourth-order valence-corrected chi connectivity index (χ4v) is 3.74. The maximum absolute atomic E-state index is 12.9. The minimum atomic E-state index is -4.76. The maximum Gasteiger partial charge on any atom is 0.573 e. The van der Waals surface area contributed by atoms with Gasteiger partial charge in [0, 0.05) is 29.7 Å². The number of fused-ring (bicyclic) bond motifs is 1. The summed E-state index contributed by atoms with van der Waals surface area (Å²) >= 11 is 0. The normalized spacial score (nSPS) is 16.5. The van der Waals surface area contributed by atoms with Crippen molar-refractivity contribution in [2.24, 2.45) is 11.7 Å². The SMILES string of the molecule is NC(=O)C1CCCN(C(=O)c2ccc3c(Nc4ccc(OC(F)(F)F)cc4)ncnc3c2)C1. The van der Waals surface area contributed by atoms with Crippen LogP contribution in [0.2, 0.25) is 0 Å². The van der Waals surface area contributed by atoms with Crippen molar-refractivity contribution >= 4 is 34.2 Å². The minimum absolute atomic E-state index is 0.212. The molecule has 1 aliphatic rings. The number of rotatable bonds is 5. The smallest absolute Gasteiger partial charge is 0.406 e. The van der Waals surface area contributed by atoms with Gasteiger partial charge >= 0.3 is 6.36 Å². The number of hydrogen-bond donors (Lipinski definition) is 2. The van der Waals surface area contributed by atoms with Crippen LogP contribution < -0.4 is 15.8 Å². The van der Waals surface area contributed by atoms with Gasteiger partial charge in [0.25, 0.3) is 5.91 Å². The number of nitrogens with two attached hydrogens (primary N) is 1. The van der Waals surface area contributed by atoms with Gasteiger partial charge in [-0.3, -0.25) is 9.59 Å². The standard InChI is InChI=1S/C22H20F3N5O3/c23-22(24,25)33-16-6-4-15(5-7-16)29-20-17-8-3-13(10-18(17)27-12-28-20)21(32)30-9-1-2-14(11-30)19(26)31/h3-8,10,12,14H,1-2,9,11H2,(H2,26,31)(H,27,28,29). The number of alkyl halides is 3. The average Bonchev–Trinajstić information content (AvgIpc) is 2.79. The van der Waals surface area contributed by atoms with Gasteiger partial charge in [0.2, 0.25) is 5.91 Å². The third-order valence-corrected chi connectivity index (χ3v) is 5.35. The second kappa shape index (κ2) is 8.93. The number of nitrogens with one attached hydrogen (secondary N) is 1. The van der Waals surface area contributed by atoms with Crippen LogP contribution in [0, 0.1) is 5.92 Å². The van der Waals surface area contributed by atoms with Crippen LogP contribution in [0.4, 0.5) is 24.7 Å². The molecule has 2 aromatic carbocycles. The summed E-state index contributed by atoms with van der Waals surface area (Å²) in [6.45, 7) is 0.835. The largest absolute Gasteiger partial charge is 0.573 e. The van der Waals surface area contributed by atoms with E-state index < -0.39 is 12.3 Å². The Bertz CT molecular complexity index is 1180. The molecule has 1 saturated heterocycles. The molecule has 1 aromatic heterocycles. The Morgan fingerprint density at radius 2 is 1.88 bits per heavy atom. The van der Waals surface area contributed by atoms with Crippen LogP contribution in [0.1, 0.15) is 23.2 Å². The molecule has 8 nitrogen and oxygen atoms in total. The van der Waals surface area contributed by atoms with Gasteiger partial charge in [0.05, 0.1) is 11.4 Å². The number of hydrogen-bond acceptors (Lipinski definition) is 6. The van der Waals surface area contributed by atoms with E-state index >= 15 is 0 Å². The topological polar surface area (TPSA) is 110 Å². The van der Waals surface area contributed by atoms with Crippen LogP contribution in [0.15, 0.2) is 48.8 Å². The maximum atomic E-state index is 12.9. The lowest BCUT2D eigenvalue weighted by molar-refractivity contribution is -0.274. The fourth-order valence-electron chi connectivity index (χ4n) is 3.74. The molecular weight excluding hydrogens is 439 g/mol. The number of anilines is 2. The Hall–Kier alpha value is -3.89. The lowest BCUT2D eigenvalue weighted by Crippen LogP contribution is -2.44. The summed E-state index contributed by atoms with van der Waals surface area (Å²) in [5.41, 5.74) is 6.83. The van der Waals surface area contributed by atoms with Gasteiger partial charge < -0.3 is 20.7 Å². The van der Waals surface area contributed by atoms with Crippen molar-refractivity contribution in [2.45, 2.75) is 19.2 Å². The first-order valence-corrected chi connectivity index (χ1v) is 10.2. The van der Waals surface area contributed by atoms with E-state index in [1.807, 2.05) is 0 Å². The second-order valence-electron chi connectivity index (χ2n) is 7.64. The zero-order valence-corrected chi connectivity index (χ0v) is 17.3. The fraction of sp³-hybridized carbons (Fsp3) is 0.273. The van der Waals surface area contributed by atoms with Crippen molar-refractivity contribution in [3.63, 3.8) is 0 Å². The van der Waals surface area contributed by atoms with E-state index in [0.29, 0.717) is 47.4 Å². The quantitative estimate of drug-likeness (QED) is 0.603. The molecule has 0 aliphatic carbocycles. The van der Waals surface area contributed by atoms with Gasteiger partial charge in [-0.15, -0.1) is 13.2 Å². The Morgan fingerprint density at radius 1 is 1.12 bits per heavy atom. The molecule has 0 saturated carbocycles. The van der Waals surface area contributed by atoms with Crippen LogP contribution in [-0.2, 0) is 4.79 Å². The van der Waals surface area contributed by atoms with Gasteiger partial charge in [-0.25, -0.2) is 9.97 Å². The molecule has 4 rings (SSSR count). The highest BCUT2D eigenvalue weighted by molar-refractivity contribution is 6.00. The molecule has 2 amide bonds. The van der Waals surface area contributed by atoms with Crippen LogP contribution in [0.3, 0.4) is 0 Å². The highest BCUT2D eigenvalue weighted by atomic mass is 19.4. The van der Waals surface area contributed by atoms with Crippen molar-refractivity contribution in [3.05, 3.63) is 54.4 Å². The Balaban J connectivity index is 1.52. The van der Waals surface area contributed by atoms with E-state index in [1.54, 1.807) is 23.1 Å². The predicted octanol–water partition coefficient (Wildman–Crippen LogP) is 3.61. The third-order valence-electron chi connectivity index (χ3n) is 5.35. The van der Waals surface area contributed by atoms with E-state index in [1.165, 1.54) is 30.6 Å². The number of aromatic nitrogens is 2. The van der Waals surface area contributed by atoms with E-state index in [2.05, 4.69) is 20.0 Å². The first-order chi connectivity index (χ1) is 15.7. The third kappa shape index (κ3) is 5.30. The summed E-state index contributed by atoms with van der Waals surface area (Å²) in [5.74, 6) is -0.881. The second-order valence-corrected chi connectivity index (χ2v) is 7.64. The molecule has 0 spiro atoms. The lowest BCUT2D eigenvalue weighted by atomic mass is 9.97. The number of ether oxygens (including phenoxy) is 1. The number of amides is 2. The molecule has 33 heavy (non-hydrogen) atoms. The Labute approximate surface area is 186 Å². The monoisotopic (exact) mass is 459 g/mol.